The lowest BCUT2D eigenvalue weighted by Crippen LogP contribution is -2.24. The molecule has 6 nitrogen and oxygen atoms in total. The molecular formula is C15H24N4O2. The second-order valence-corrected chi connectivity index (χ2v) is 5.71. The number of hydrogen-bond donors (Lipinski definition) is 2. The normalized spacial score (nSPS) is 19.1. The molecule has 1 heterocycles. The van der Waals surface area contributed by atoms with Crippen LogP contribution in [0, 0.1) is 16.0 Å². The number of nitrogens with zero attached hydrogens (tertiary/aromatic N) is 2. The summed E-state index contributed by atoms with van der Waals surface area (Å²) in [6.07, 6.45) is 6.04. The molecular weight excluding hydrogens is 268 g/mol. The Bertz CT molecular complexity index is 493. The summed E-state index contributed by atoms with van der Waals surface area (Å²) >= 11 is 0. The van der Waals surface area contributed by atoms with Crippen molar-refractivity contribution in [1.82, 2.24) is 0 Å². The Morgan fingerprint density at radius 2 is 2.19 bits per heavy atom. The molecule has 1 unspecified atom stereocenters. The van der Waals surface area contributed by atoms with Crippen LogP contribution >= 0.6 is 0 Å². The number of nitrogens with two attached hydrogens (primary N) is 1. The Morgan fingerprint density at radius 1 is 1.38 bits per heavy atom. The maximum absolute atomic E-state index is 11.0. The molecule has 0 bridgehead atoms. The molecule has 1 aliphatic rings. The van der Waals surface area contributed by atoms with Crippen LogP contribution in [0.5, 0.6) is 0 Å². The zero-order valence-corrected chi connectivity index (χ0v) is 12.5. The SMILES string of the molecule is CCCC1CCCN(c2cc(NN)cc([N+](=O)[O-])c2)CC1. The second-order valence-electron chi connectivity index (χ2n) is 5.71. The van der Waals surface area contributed by atoms with Crippen molar-refractivity contribution in [2.75, 3.05) is 23.4 Å². The van der Waals surface area contributed by atoms with Gasteiger partial charge in [0.25, 0.3) is 5.69 Å². The summed E-state index contributed by atoms with van der Waals surface area (Å²) in [4.78, 5) is 12.9. The molecule has 1 aliphatic heterocycles. The van der Waals surface area contributed by atoms with Crippen molar-refractivity contribution < 1.29 is 4.92 Å². The molecule has 6 heteroatoms. The third kappa shape index (κ3) is 4.07. The fourth-order valence-corrected chi connectivity index (χ4v) is 3.09. The van der Waals surface area contributed by atoms with Crippen molar-refractivity contribution in [2.24, 2.45) is 11.8 Å². The number of nitro benzene ring substituents is 1. The van der Waals surface area contributed by atoms with Crippen molar-refractivity contribution in [3.8, 4) is 0 Å². The highest BCUT2D eigenvalue weighted by Gasteiger charge is 2.19. The van der Waals surface area contributed by atoms with Gasteiger partial charge in [-0.3, -0.25) is 16.0 Å². The Kier molecular flexibility index (Phi) is 5.38. The average Bonchev–Trinajstić information content (AvgIpc) is 2.73. The van der Waals surface area contributed by atoms with Gasteiger partial charge >= 0.3 is 0 Å². The van der Waals surface area contributed by atoms with E-state index in [1.807, 2.05) is 6.07 Å². The first-order valence-corrected chi connectivity index (χ1v) is 7.65. The van der Waals surface area contributed by atoms with Crippen molar-refractivity contribution in [2.45, 2.75) is 39.0 Å². The summed E-state index contributed by atoms with van der Waals surface area (Å²) in [6.45, 7) is 4.13. The Hall–Kier alpha value is -1.82. The smallest absolute Gasteiger partial charge is 0.273 e. The van der Waals surface area contributed by atoms with Crippen LogP contribution in [0.25, 0.3) is 0 Å². The summed E-state index contributed by atoms with van der Waals surface area (Å²) in [5.41, 5.74) is 4.05. The van der Waals surface area contributed by atoms with E-state index in [9.17, 15) is 10.1 Å². The van der Waals surface area contributed by atoms with Gasteiger partial charge in [0.1, 0.15) is 0 Å². The second kappa shape index (κ2) is 7.26. The third-order valence-corrected chi connectivity index (χ3v) is 4.19. The lowest BCUT2D eigenvalue weighted by atomic mass is 9.96. The van der Waals surface area contributed by atoms with Gasteiger partial charge in [0, 0.05) is 30.9 Å². The molecule has 2 rings (SSSR count). The maximum Gasteiger partial charge on any atom is 0.273 e. The standard InChI is InChI=1S/C15H24N4O2/c1-2-4-12-5-3-7-18(8-6-12)14-9-13(17-16)10-15(11-14)19(20)21/h9-12,17H,2-8,16H2,1H3. The van der Waals surface area contributed by atoms with Crippen molar-refractivity contribution in [3.63, 3.8) is 0 Å². The molecule has 0 aromatic heterocycles. The number of rotatable bonds is 5. The summed E-state index contributed by atoms with van der Waals surface area (Å²) in [5.74, 6) is 6.20. The first-order chi connectivity index (χ1) is 10.1. The molecule has 1 aromatic rings. The van der Waals surface area contributed by atoms with Crippen LogP contribution < -0.4 is 16.2 Å². The molecule has 0 saturated carbocycles. The van der Waals surface area contributed by atoms with Crippen LogP contribution in [0.1, 0.15) is 39.0 Å². The van der Waals surface area contributed by atoms with E-state index in [4.69, 9.17) is 5.84 Å². The van der Waals surface area contributed by atoms with E-state index in [0.29, 0.717) is 5.69 Å². The molecule has 0 radical (unpaired) electrons. The summed E-state index contributed by atoms with van der Waals surface area (Å²) in [5, 5.41) is 11.0. The number of benzene rings is 1. The zero-order valence-electron chi connectivity index (χ0n) is 12.5. The van der Waals surface area contributed by atoms with E-state index in [2.05, 4.69) is 17.2 Å². The van der Waals surface area contributed by atoms with E-state index in [1.54, 1.807) is 6.07 Å². The molecule has 0 aliphatic carbocycles. The van der Waals surface area contributed by atoms with Crippen LogP contribution in [-0.2, 0) is 0 Å². The van der Waals surface area contributed by atoms with Crippen molar-refractivity contribution in [1.29, 1.82) is 0 Å². The van der Waals surface area contributed by atoms with Gasteiger partial charge in [-0.25, -0.2) is 0 Å². The highest BCUT2D eigenvalue weighted by atomic mass is 16.6. The number of nitrogens with one attached hydrogen (secondary N) is 1. The lowest BCUT2D eigenvalue weighted by Gasteiger charge is -2.23. The lowest BCUT2D eigenvalue weighted by molar-refractivity contribution is -0.384. The Balaban J connectivity index is 2.16. The minimum atomic E-state index is -0.373. The molecule has 0 spiro atoms. The molecule has 1 saturated heterocycles. The molecule has 3 N–H and O–H groups in total. The van der Waals surface area contributed by atoms with Crippen LogP contribution in [0.2, 0.25) is 0 Å². The number of nitro groups is 1. The van der Waals surface area contributed by atoms with Gasteiger partial charge in [0.15, 0.2) is 0 Å². The van der Waals surface area contributed by atoms with Gasteiger partial charge in [0.05, 0.1) is 10.6 Å². The first kappa shape index (κ1) is 15.6. The Labute approximate surface area is 125 Å². The van der Waals surface area contributed by atoms with Gasteiger partial charge in [-0.05, 0) is 31.2 Å². The molecule has 1 fully saturated rings. The Morgan fingerprint density at radius 3 is 2.86 bits per heavy atom. The van der Waals surface area contributed by atoms with Crippen molar-refractivity contribution >= 4 is 17.1 Å². The molecule has 1 atom stereocenters. The van der Waals surface area contributed by atoms with E-state index < -0.39 is 0 Å². The quantitative estimate of drug-likeness (QED) is 0.494. The predicted octanol–water partition coefficient (Wildman–Crippen LogP) is 3.29. The van der Waals surface area contributed by atoms with Gasteiger partial charge < -0.3 is 10.3 Å². The van der Waals surface area contributed by atoms with Gasteiger partial charge in [-0.15, -0.1) is 0 Å². The van der Waals surface area contributed by atoms with Gasteiger partial charge in [-0.2, -0.15) is 0 Å². The monoisotopic (exact) mass is 292 g/mol. The minimum Gasteiger partial charge on any atom is -0.371 e. The zero-order chi connectivity index (χ0) is 15.2. The number of hydrogen-bond acceptors (Lipinski definition) is 5. The average molecular weight is 292 g/mol. The highest BCUT2D eigenvalue weighted by Crippen LogP contribution is 2.30. The first-order valence-electron chi connectivity index (χ1n) is 7.65. The molecule has 116 valence electrons. The largest absolute Gasteiger partial charge is 0.371 e. The number of nitrogen functional groups attached to an aromatic ring is 1. The van der Waals surface area contributed by atoms with E-state index in [0.717, 1.165) is 37.5 Å². The molecule has 1 aromatic carbocycles. The van der Waals surface area contributed by atoms with Crippen LogP contribution in [0.3, 0.4) is 0 Å². The summed E-state index contributed by atoms with van der Waals surface area (Å²) in [7, 11) is 0. The number of non-ortho nitro benzene ring substituents is 1. The highest BCUT2D eigenvalue weighted by molar-refractivity contribution is 5.64. The number of anilines is 2. The summed E-state index contributed by atoms with van der Waals surface area (Å²) in [6, 6.07) is 4.98. The van der Waals surface area contributed by atoms with Crippen LogP contribution in [-0.4, -0.2) is 18.0 Å². The summed E-state index contributed by atoms with van der Waals surface area (Å²) < 4.78 is 0. The van der Waals surface area contributed by atoms with Crippen LogP contribution in [0.15, 0.2) is 18.2 Å². The molecule has 0 amide bonds. The van der Waals surface area contributed by atoms with E-state index in [-0.39, 0.29) is 10.6 Å². The predicted molar refractivity (Wildman–Crippen MR) is 85.4 cm³/mol. The van der Waals surface area contributed by atoms with Gasteiger partial charge in [-0.1, -0.05) is 19.8 Å². The topological polar surface area (TPSA) is 84.4 Å². The maximum atomic E-state index is 11.0. The fourth-order valence-electron chi connectivity index (χ4n) is 3.09. The van der Waals surface area contributed by atoms with Crippen LogP contribution in [0.4, 0.5) is 17.1 Å². The fraction of sp³-hybridized carbons (Fsp3) is 0.600. The molecule has 21 heavy (non-hydrogen) atoms. The van der Waals surface area contributed by atoms with Gasteiger partial charge in [0.2, 0.25) is 0 Å². The third-order valence-electron chi connectivity index (χ3n) is 4.19. The van der Waals surface area contributed by atoms with E-state index in [1.165, 1.54) is 25.3 Å². The van der Waals surface area contributed by atoms with E-state index >= 15 is 0 Å². The minimum absolute atomic E-state index is 0.0785. The number of hydrazine groups is 1. The van der Waals surface area contributed by atoms with Crippen molar-refractivity contribution in [3.05, 3.63) is 28.3 Å².